The number of anilines is 1. The van der Waals surface area contributed by atoms with Crippen molar-refractivity contribution in [3.05, 3.63) is 33.4 Å². The Morgan fingerprint density at radius 3 is 2.58 bits per heavy atom. The van der Waals surface area contributed by atoms with Crippen LogP contribution >= 0.6 is 15.9 Å². The molecule has 1 amide bonds. The van der Waals surface area contributed by atoms with Gasteiger partial charge >= 0.3 is 0 Å². The van der Waals surface area contributed by atoms with Crippen LogP contribution in [0.3, 0.4) is 0 Å². The van der Waals surface area contributed by atoms with E-state index in [-0.39, 0.29) is 17.5 Å². The van der Waals surface area contributed by atoms with Gasteiger partial charge in [-0.15, -0.1) is 0 Å². The summed E-state index contributed by atoms with van der Waals surface area (Å²) < 4.78 is 0. The zero-order valence-corrected chi connectivity index (χ0v) is 12.4. The second kappa shape index (κ2) is 5.28. The quantitative estimate of drug-likeness (QED) is 0.487. The minimum Gasteiger partial charge on any atom is -0.306 e. The molecule has 19 heavy (non-hydrogen) atoms. The first kappa shape index (κ1) is 14.0. The normalized spacial score (nSPS) is 19.0. The monoisotopic (exact) mass is 326 g/mol. The number of alkyl halides is 1. The van der Waals surface area contributed by atoms with Gasteiger partial charge in [-0.2, -0.15) is 0 Å². The van der Waals surface area contributed by atoms with Crippen LogP contribution in [-0.2, 0) is 4.79 Å². The van der Waals surface area contributed by atoms with Gasteiger partial charge < -0.3 is 4.90 Å². The summed E-state index contributed by atoms with van der Waals surface area (Å²) in [6.07, 6.45) is 0.440. The van der Waals surface area contributed by atoms with E-state index in [2.05, 4.69) is 15.9 Å². The van der Waals surface area contributed by atoms with Crippen molar-refractivity contribution >= 4 is 33.2 Å². The van der Waals surface area contributed by atoms with Gasteiger partial charge in [0.1, 0.15) is 5.69 Å². The van der Waals surface area contributed by atoms with Crippen LogP contribution in [0.4, 0.5) is 11.4 Å². The first-order valence-corrected chi connectivity index (χ1v) is 7.18. The summed E-state index contributed by atoms with van der Waals surface area (Å²) in [5.74, 6) is 0.171. The molecule has 0 aromatic heterocycles. The Morgan fingerprint density at radius 2 is 2.05 bits per heavy atom. The van der Waals surface area contributed by atoms with Crippen molar-refractivity contribution in [2.24, 2.45) is 5.92 Å². The summed E-state index contributed by atoms with van der Waals surface area (Å²) in [4.78, 5) is 24.3. The van der Waals surface area contributed by atoms with Crippen molar-refractivity contribution in [3.8, 4) is 0 Å². The Bertz CT molecular complexity index is 545. The third-order valence-electron chi connectivity index (χ3n) is 3.50. The van der Waals surface area contributed by atoms with E-state index in [1.807, 2.05) is 13.8 Å². The number of carbonyl (C=O) groups excluding carboxylic acids is 1. The van der Waals surface area contributed by atoms with Gasteiger partial charge in [0.2, 0.25) is 5.91 Å². The second-order valence-corrected chi connectivity index (χ2v) is 5.56. The van der Waals surface area contributed by atoms with Crippen LogP contribution < -0.4 is 4.90 Å². The number of hydrogen-bond acceptors (Lipinski definition) is 3. The lowest BCUT2D eigenvalue weighted by Gasteiger charge is -2.17. The molecule has 1 saturated heterocycles. The van der Waals surface area contributed by atoms with Gasteiger partial charge in [-0.1, -0.05) is 15.9 Å². The van der Waals surface area contributed by atoms with E-state index < -0.39 is 4.92 Å². The summed E-state index contributed by atoms with van der Waals surface area (Å²) in [6.45, 7) is 4.26. The number of hydrogen-bond donors (Lipinski definition) is 0. The molecule has 1 aromatic carbocycles. The number of rotatable bonds is 3. The molecule has 2 rings (SSSR count). The molecular formula is C13H15BrN2O3. The van der Waals surface area contributed by atoms with Crippen LogP contribution in [0.5, 0.6) is 0 Å². The molecule has 1 fully saturated rings. The van der Waals surface area contributed by atoms with Gasteiger partial charge in [0.25, 0.3) is 5.69 Å². The van der Waals surface area contributed by atoms with Gasteiger partial charge in [0.05, 0.1) is 4.92 Å². The number of nitro benzene ring substituents is 1. The van der Waals surface area contributed by atoms with E-state index in [0.29, 0.717) is 18.7 Å². The van der Waals surface area contributed by atoms with E-state index in [0.717, 1.165) is 16.5 Å². The van der Waals surface area contributed by atoms with E-state index in [1.165, 1.54) is 4.90 Å². The van der Waals surface area contributed by atoms with Crippen LogP contribution in [0.1, 0.15) is 17.5 Å². The second-order valence-electron chi connectivity index (χ2n) is 4.91. The Morgan fingerprint density at radius 1 is 1.42 bits per heavy atom. The molecule has 0 bridgehead atoms. The molecule has 1 atom stereocenters. The highest BCUT2D eigenvalue weighted by Crippen LogP contribution is 2.35. The highest BCUT2D eigenvalue weighted by Gasteiger charge is 2.33. The highest BCUT2D eigenvalue weighted by molar-refractivity contribution is 9.09. The number of benzene rings is 1. The first-order valence-electron chi connectivity index (χ1n) is 6.06. The summed E-state index contributed by atoms with van der Waals surface area (Å²) in [5, 5.41) is 11.9. The Hall–Kier alpha value is -1.43. The van der Waals surface area contributed by atoms with Crippen molar-refractivity contribution < 1.29 is 9.72 Å². The molecule has 1 unspecified atom stereocenters. The van der Waals surface area contributed by atoms with E-state index >= 15 is 0 Å². The summed E-state index contributed by atoms with van der Waals surface area (Å²) in [5.41, 5.74) is 2.24. The number of halogens is 1. The molecule has 0 spiro atoms. The molecule has 0 radical (unpaired) electrons. The van der Waals surface area contributed by atoms with Crippen LogP contribution in [0.2, 0.25) is 0 Å². The number of nitrogens with zero attached hydrogens (tertiary/aromatic N) is 2. The van der Waals surface area contributed by atoms with E-state index in [1.54, 1.807) is 12.1 Å². The minimum absolute atomic E-state index is 0.00618. The number of carbonyl (C=O) groups is 1. The molecule has 1 heterocycles. The Kier molecular flexibility index (Phi) is 3.89. The largest absolute Gasteiger partial charge is 0.306 e. The molecule has 5 nitrogen and oxygen atoms in total. The molecule has 1 aromatic rings. The minimum atomic E-state index is -0.420. The van der Waals surface area contributed by atoms with Gasteiger partial charge in [-0.05, 0) is 37.0 Å². The third kappa shape index (κ3) is 2.63. The molecule has 102 valence electrons. The molecule has 0 N–H and O–H groups in total. The van der Waals surface area contributed by atoms with Gasteiger partial charge in [0.15, 0.2) is 0 Å². The summed E-state index contributed by atoms with van der Waals surface area (Å²) >= 11 is 3.36. The third-order valence-corrected chi connectivity index (χ3v) is 4.42. The standard InChI is InChI=1S/C13H15BrN2O3/c1-8-3-11(12(16(18)19)4-9(8)2)15-7-10(6-14)5-13(15)17/h3-4,10H,5-7H2,1-2H3. The first-order chi connectivity index (χ1) is 8.93. The van der Waals surface area contributed by atoms with Crippen LogP contribution in [0.25, 0.3) is 0 Å². The molecule has 1 aliphatic rings. The lowest BCUT2D eigenvalue weighted by Crippen LogP contribution is -2.25. The molecule has 1 aliphatic heterocycles. The maximum absolute atomic E-state index is 12.0. The topological polar surface area (TPSA) is 63.5 Å². The molecular weight excluding hydrogens is 312 g/mol. The number of nitro groups is 1. The smallest absolute Gasteiger partial charge is 0.293 e. The molecule has 0 saturated carbocycles. The Labute approximate surface area is 119 Å². The number of amides is 1. The molecule has 6 heteroatoms. The molecule has 0 aliphatic carbocycles. The maximum Gasteiger partial charge on any atom is 0.293 e. The van der Waals surface area contributed by atoms with Crippen molar-refractivity contribution in [2.45, 2.75) is 20.3 Å². The fourth-order valence-electron chi connectivity index (χ4n) is 2.27. The average Bonchev–Trinajstić information content (AvgIpc) is 2.73. The fourth-order valence-corrected chi connectivity index (χ4v) is 2.70. The number of aryl methyl sites for hydroxylation is 2. The SMILES string of the molecule is Cc1cc(N2CC(CBr)CC2=O)c([N+](=O)[O-])cc1C. The van der Waals surface area contributed by atoms with Gasteiger partial charge in [0, 0.05) is 24.4 Å². The lowest BCUT2D eigenvalue weighted by atomic mass is 10.1. The van der Waals surface area contributed by atoms with Crippen LogP contribution in [-0.4, -0.2) is 22.7 Å². The zero-order chi connectivity index (χ0) is 14.2. The van der Waals surface area contributed by atoms with Crippen molar-refractivity contribution in [1.82, 2.24) is 0 Å². The highest BCUT2D eigenvalue weighted by atomic mass is 79.9. The predicted molar refractivity (Wildman–Crippen MR) is 76.8 cm³/mol. The fraction of sp³-hybridized carbons (Fsp3) is 0.462. The van der Waals surface area contributed by atoms with Crippen molar-refractivity contribution in [3.63, 3.8) is 0 Å². The van der Waals surface area contributed by atoms with Crippen molar-refractivity contribution in [2.75, 3.05) is 16.8 Å². The summed E-state index contributed by atoms with van der Waals surface area (Å²) in [6, 6.07) is 3.28. The van der Waals surface area contributed by atoms with Crippen LogP contribution in [0.15, 0.2) is 12.1 Å². The predicted octanol–water partition coefficient (Wildman–Crippen LogP) is 2.96. The van der Waals surface area contributed by atoms with Gasteiger partial charge in [-0.3, -0.25) is 14.9 Å². The van der Waals surface area contributed by atoms with E-state index in [9.17, 15) is 14.9 Å². The Balaban J connectivity index is 2.47. The lowest BCUT2D eigenvalue weighted by molar-refractivity contribution is -0.384. The maximum atomic E-state index is 12.0. The van der Waals surface area contributed by atoms with Gasteiger partial charge in [-0.25, -0.2) is 0 Å². The van der Waals surface area contributed by atoms with Crippen molar-refractivity contribution in [1.29, 1.82) is 0 Å². The average molecular weight is 327 g/mol. The van der Waals surface area contributed by atoms with Crippen LogP contribution in [0, 0.1) is 29.9 Å². The van der Waals surface area contributed by atoms with E-state index in [4.69, 9.17) is 0 Å². The zero-order valence-electron chi connectivity index (χ0n) is 10.9. The summed E-state index contributed by atoms with van der Waals surface area (Å²) in [7, 11) is 0.